The smallest absolute Gasteiger partial charge is 0.271 e. The quantitative estimate of drug-likeness (QED) is 0.432. The van der Waals surface area contributed by atoms with E-state index in [0.717, 1.165) is 28.4 Å². The first kappa shape index (κ1) is 21.5. The van der Waals surface area contributed by atoms with E-state index in [0.29, 0.717) is 30.8 Å². The first-order valence-electron chi connectivity index (χ1n) is 9.46. The van der Waals surface area contributed by atoms with Crippen molar-refractivity contribution < 1.29 is 9.18 Å². The highest BCUT2D eigenvalue weighted by Crippen LogP contribution is 2.12. The van der Waals surface area contributed by atoms with Gasteiger partial charge in [-0.3, -0.25) is 9.78 Å². The predicted octanol–water partition coefficient (Wildman–Crippen LogP) is 3.34. The van der Waals surface area contributed by atoms with E-state index in [4.69, 9.17) is 0 Å². The number of H-pyrrole nitrogens is 1. The van der Waals surface area contributed by atoms with Gasteiger partial charge in [-0.1, -0.05) is 12.7 Å². The predicted molar refractivity (Wildman–Crippen MR) is 116 cm³/mol. The summed E-state index contributed by atoms with van der Waals surface area (Å²) in [4.78, 5) is 28.0. The Kier molecular flexibility index (Phi) is 7.58. The van der Waals surface area contributed by atoms with Gasteiger partial charge in [0.15, 0.2) is 0 Å². The normalized spacial score (nSPS) is 11.1. The summed E-state index contributed by atoms with van der Waals surface area (Å²) < 4.78 is 13.6. The second-order valence-electron chi connectivity index (χ2n) is 6.39. The molecule has 0 saturated carbocycles. The van der Waals surface area contributed by atoms with Crippen molar-refractivity contribution in [1.29, 1.82) is 0 Å². The number of amides is 1. The number of imidazole rings is 1. The number of rotatable bonds is 10. The number of pyridine rings is 1. The average Bonchev–Trinajstić information content (AvgIpc) is 3.37. The molecule has 3 aromatic heterocycles. The molecule has 3 aromatic rings. The second kappa shape index (κ2) is 10.6. The molecule has 0 fully saturated rings. The Balaban J connectivity index is 1.45. The van der Waals surface area contributed by atoms with Crippen LogP contribution in [0.25, 0.3) is 12.2 Å². The maximum absolute atomic E-state index is 13.6. The van der Waals surface area contributed by atoms with Crippen LogP contribution in [-0.2, 0) is 19.5 Å². The Morgan fingerprint density at radius 3 is 3.00 bits per heavy atom. The summed E-state index contributed by atoms with van der Waals surface area (Å²) in [6.45, 7) is 7.10. The topological polar surface area (TPSA) is 95.6 Å². The number of aromatic amines is 1. The molecule has 0 atom stereocenters. The van der Waals surface area contributed by atoms with E-state index >= 15 is 0 Å². The van der Waals surface area contributed by atoms with Crippen LogP contribution >= 0.6 is 11.3 Å². The molecule has 0 spiro atoms. The Morgan fingerprint density at radius 1 is 1.37 bits per heavy atom. The first-order valence-corrected chi connectivity index (χ1v) is 10.3. The molecule has 7 nitrogen and oxygen atoms in total. The SMILES string of the molecule is C=Cc1nc(CNCCc2nc(C(=O)NCc3ccncc3F)cs2)[nH]c1/C=C\C. The minimum atomic E-state index is -0.447. The number of halogens is 1. The molecule has 1 amide bonds. The van der Waals surface area contributed by atoms with E-state index in [-0.39, 0.29) is 12.5 Å². The highest BCUT2D eigenvalue weighted by atomic mass is 32.1. The van der Waals surface area contributed by atoms with Crippen LogP contribution < -0.4 is 10.6 Å². The summed E-state index contributed by atoms with van der Waals surface area (Å²) in [5, 5.41) is 8.55. The lowest BCUT2D eigenvalue weighted by Gasteiger charge is -2.04. The van der Waals surface area contributed by atoms with Gasteiger partial charge in [0, 0.05) is 36.7 Å². The lowest BCUT2D eigenvalue weighted by molar-refractivity contribution is 0.0946. The summed E-state index contributed by atoms with van der Waals surface area (Å²) in [5.74, 6) is 0.0590. The van der Waals surface area contributed by atoms with Gasteiger partial charge in [0.05, 0.1) is 29.1 Å². The fourth-order valence-corrected chi connectivity index (χ4v) is 3.51. The average molecular weight is 427 g/mol. The fraction of sp³-hybridized carbons (Fsp3) is 0.238. The van der Waals surface area contributed by atoms with Crippen molar-refractivity contribution in [3.8, 4) is 0 Å². The summed E-state index contributed by atoms with van der Waals surface area (Å²) in [7, 11) is 0. The number of nitrogens with one attached hydrogen (secondary N) is 3. The van der Waals surface area contributed by atoms with Gasteiger partial charge in [-0.15, -0.1) is 11.3 Å². The van der Waals surface area contributed by atoms with Crippen molar-refractivity contribution >= 4 is 29.4 Å². The molecule has 0 aliphatic heterocycles. The third kappa shape index (κ3) is 5.68. The standard InChI is InChI=1S/C21H23FN6OS/c1-3-5-17-16(4-2)26-19(27-17)12-24-9-7-20-28-18(13-30-20)21(29)25-10-14-6-8-23-11-15(14)22/h3-6,8,11,13,24H,2,7,9-10,12H2,1H3,(H,25,29)(H,26,27)/b5-3-. The zero-order chi connectivity index (χ0) is 21.3. The van der Waals surface area contributed by atoms with E-state index in [1.165, 1.54) is 23.6 Å². The number of hydrogen-bond acceptors (Lipinski definition) is 6. The van der Waals surface area contributed by atoms with Crippen molar-refractivity contribution in [3.63, 3.8) is 0 Å². The van der Waals surface area contributed by atoms with Crippen LogP contribution in [0.5, 0.6) is 0 Å². The van der Waals surface area contributed by atoms with Gasteiger partial charge >= 0.3 is 0 Å². The zero-order valence-electron chi connectivity index (χ0n) is 16.6. The van der Waals surface area contributed by atoms with Crippen LogP contribution in [-0.4, -0.2) is 32.4 Å². The minimum Gasteiger partial charge on any atom is -0.346 e. The van der Waals surface area contributed by atoms with Crippen LogP contribution in [0.15, 0.2) is 36.5 Å². The van der Waals surface area contributed by atoms with Gasteiger partial charge < -0.3 is 15.6 Å². The highest BCUT2D eigenvalue weighted by Gasteiger charge is 2.12. The summed E-state index contributed by atoms with van der Waals surface area (Å²) >= 11 is 1.42. The third-order valence-corrected chi connectivity index (χ3v) is 5.13. The number of nitrogens with zero attached hydrogens (tertiary/aromatic N) is 3. The highest BCUT2D eigenvalue weighted by molar-refractivity contribution is 7.09. The molecule has 0 aliphatic rings. The lowest BCUT2D eigenvalue weighted by atomic mass is 10.2. The van der Waals surface area contributed by atoms with Crippen molar-refractivity contribution in [3.05, 3.63) is 75.8 Å². The monoisotopic (exact) mass is 426 g/mol. The zero-order valence-corrected chi connectivity index (χ0v) is 17.4. The molecule has 0 bridgehead atoms. The van der Waals surface area contributed by atoms with Gasteiger partial charge in [0.1, 0.15) is 17.3 Å². The largest absolute Gasteiger partial charge is 0.346 e. The third-order valence-electron chi connectivity index (χ3n) is 4.23. The maximum atomic E-state index is 13.6. The van der Waals surface area contributed by atoms with Gasteiger partial charge in [0.2, 0.25) is 0 Å². The van der Waals surface area contributed by atoms with Crippen LogP contribution in [0.3, 0.4) is 0 Å². The van der Waals surface area contributed by atoms with Gasteiger partial charge in [-0.2, -0.15) is 0 Å². The minimum absolute atomic E-state index is 0.0899. The van der Waals surface area contributed by atoms with Crippen molar-refractivity contribution in [2.75, 3.05) is 6.54 Å². The first-order chi connectivity index (χ1) is 14.6. The molecule has 0 aromatic carbocycles. The molecular weight excluding hydrogens is 403 g/mol. The molecule has 30 heavy (non-hydrogen) atoms. The van der Waals surface area contributed by atoms with Crippen molar-refractivity contribution in [2.24, 2.45) is 0 Å². The van der Waals surface area contributed by atoms with Crippen LogP contribution in [0.2, 0.25) is 0 Å². The van der Waals surface area contributed by atoms with Gasteiger partial charge in [-0.05, 0) is 25.1 Å². The maximum Gasteiger partial charge on any atom is 0.271 e. The Morgan fingerprint density at radius 2 is 2.23 bits per heavy atom. The Hall–Kier alpha value is -3.17. The van der Waals surface area contributed by atoms with Gasteiger partial charge in [0.25, 0.3) is 5.91 Å². The van der Waals surface area contributed by atoms with Crippen molar-refractivity contribution in [1.82, 2.24) is 30.6 Å². The molecule has 9 heteroatoms. The molecule has 156 valence electrons. The summed E-state index contributed by atoms with van der Waals surface area (Å²) in [5.41, 5.74) is 2.48. The summed E-state index contributed by atoms with van der Waals surface area (Å²) in [6.07, 6.45) is 8.92. The molecule has 0 saturated heterocycles. The van der Waals surface area contributed by atoms with E-state index < -0.39 is 5.82 Å². The van der Waals surface area contributed by atoms with E-state index in [1.54, 1.807) is 11.5 Å². The molecular formula is C21H23FN6OS. The molecule has 0 aliphatic carbocycles. The van der Waals surface area contributed by atoms with Crippen LogP contribution in [0.1, 0.15) is 45.2 Å². The fourth-order valence-electron chi connectivity index (χ4n) is 2.73. The van der Waals surface area contributed by atoms with E-state index in [9.17, 15) is 9.18 Å². The molecule has 3 rings (SSSR count). The van der Waals surface area contributed by atoms with E-state index in [2.05, 4.69) is 37.1 Å². The number of hydrogen-bond donors (Lipinski definition) is 3. The van der Waals surface area contributed by atoms with E-state index in [1.807, 2.05) is 19.1 Å². The molecule has 0 unspecified atom stereocenters. The second-order valence-corrected chi connectivity index (χ2v) is 7.33. The Bertz CT molecular complexity index is 1040. The summed E-state index contributed by atoms with van der Waals surface area (Å²) in [6, 6.07) is 1.53. The number of thiazole rings is 1. The van der Waals surface area contributed by atoms with Gasteiger partial charge in [-0.25, -0.2) is 14.4 Å². The number of aromatic nitrogens is 4. The number of carbonyl (C=O) groups is 1. The van der Waals surface area contributed by atoms with Crippen molar-refractivity contribution in [2.45, 2.75) is 26.4 Å². The number of carbonyl (C=O) groups excluding carboxylic acids is 1. The van der Waals surface area contributed by atoms with Crippen LogP contribution in [0, 0.1) is 5.82 Å². The Labute approximate surface area is 178 Å². The molecule has 3 heterocycles. The molecule has 3 N–H and O–H groups in total. The number of allylic oxidation sites excluding steroid dienone is 1. The van der Waals surface area contributed by atoms with Crippen LogP contribution in [0.4, 0.5) is 4.39 Å². The molecule has 0 radical (unpaired) electrons. The lowest BCUT2D eigenvalue weighted by Crippen LogP contribution is -2.24.